The van der Waals surface area contributed by atoms with E-state index in [4.69, 9.17) is 0 Å². The summed E-state index contributed by atoms with van der Waals surface area (Å²) in [5.41, 5.74) is 1.76. The number of rotatable bonds is 4. The molecule has 20 heavy (non-hydrogen) atoms. The molecule has 0 heterocycles. The predicted molar refractivity (Wildman–Crippen MR) is 85.8 cm³/mol. The molecule has 0 amide bonds. The Morgan fingerprint density at radius 3 is 2.65 bits per heavy atom. The van der Waals surface area contributed by atoms with Crippen molar-refractivity contribution in [2.24, 2.45) is 5.92 Å². The molecular formula is C15H22BrNO2S. The second-order valence-electron chi connectivity index (χ2n) is 5.68. The minimum Gasteiger partial charge on any atom is -0.211 e. The fourth-order valence-electron chi connectivity index (χ4n) is 2.68. The van der Waals surface area contributed by atoms with E-state index < -0.39 is 10.0 Å². The van der Waals surface area contributed by atoms with E-state index in [1.54, 1.807) is 6.07 Å². The number of halogens is 1. The number of benzene rings is 1. The lowest BCUT2D eigenvalue weighted by Gasteiger charge is -2.27. The molecule has 1 aromatic carbocycles. The zero-order valence-electron chi connectivity index (χ0n) is 12.0. The number of nitrogens with one attached hydrogen (secondary N) is 1. The highest BCUT2D eigenvalue weighted by atomic mass is 79.9. The van der Waals surface area contributed by atoms with Crippen LogP contribution in [0.3, 0.4) is 0 Å². The highest BCUT2D eigenvalue weighted by Gasteiger charge is 2.25. The van der Waals surface area contributed by atoms with E-state index in [1.807, 2.05) is 26.0 Å². The van der Waals surface area contributed by atoms with E-state index >= 15 is 0 Å². The van der Waals surface area contributed by atoms with Crippen LogP contribution in [0.15, 0.2) is 23.1 Å². The summed E-state index contributed by atoms with van der Waals surface area (Å²) >= 11 is 3.67. The van der Waals surface area contributed by atoms with Crippen LogP contribution in [0.5, 0.6) is 0 Å². The fraction of sp³-hybridized carbons (Fsp3) is 0.600. The van der Waals surface area contributed by atoms with Crippen molar-refractivity contribution in [3.8, 4) is 0 Å². The molecule has 1 aromatic rings. The van der Waals surface area contributed by atoms with E-state index in [0.717, 1.165) is 24.0 Å². The molecular weight excluding hydrogens is 338 g/mol. The topological polar surface area (TPSA) is 46.2 Å². The van der Waals surface area contributed by atoms with E-state index in [-0.39, 0.29) is 0 Å². The van der Waals surface area contributed by atoms with Crippen LogP contribution in [0.4, 0.5) is 0 Å². The van der Waals surface area contributed by atoms with Crippen LogP contribution in [0, 0.1) is 19.8 Å². The number of aryl methyl sites for hydroxylation is 2. The molecule has 5 heteroatoms. The smallest absolute Gasteiger partial charge is 0.211 e. The molecule has 3 nitrogen and oxygen atoms in total. The van der Waals surface area contributed by atoms with Crippen molar-refractivity contribution in [2.75, 3.05) is 6.54 Å². The maximum absolute atomic E-state index is 12.4. The molecule has 112 valence electrons. The summed E-state index contributed by atoms with van der Waals surface area (Å²) in [7, 11) is -3.41. The van der Waals surface area contributed by atoms with Gasteiger partial charge in [-0.2, -0.15) is 0 Å². The van der Waals surface area contributed by atoms with Gasteiger partial charge in [-0.1, -0.05) is 40.9 Å². The van der Waals surface area contributed by atoms with E-state index in [1.165, 1.54) is 12.8 Å². The van der Waals surface area contributed by atoms with Gasteiger partial charge in [0.15, 0.2) is 0 Å². The Morgan fingerprint density at radius 2 is 1.95 bits per heavy atom. The number of hydrogen-bond donors (Lipinski definition) is 1. The summed E-state index contributed by atoms with van der Waals surface area (Å²) < 4.78 is 27.6. The van der Waals surface area contributed by atoms with Gasteiger partial charge in [0.25, 0.3) is 0 Å². The Balaban J connectivity index is 2.09. The Kier molecular flexibility index (Phi) is 5.26. The first-order valence-electron chi connectivity index (χ1n) is 7.11. The summed E-state index contributed by atoms with van der Waals surface area (Å²) in [4.78, 5) is 0.831. The lowest BCUT2D eigenvalue weighted by Crippen LogP contribution is -2.34. The van der Waals surface area contributed by atoms with Crippen LogP contribution in [0.25, 0.3) is 0 Å². The van der Waals surface area contributed by atoms with Crippen molar-refractivity contribution in [2.45, 2.75) is 49.3 Å². The second kappa shape index (κ2) is 6.58. The van der Waals surface area contributed by atoms with Gasteiger partial charge in [0.2, 0.25) is 10.0 Å². The maximum atomic E-state index is 12.4. The summed E-state index contributed by atoms with van der Waals surface area (Å²) in [6.07, 6.45) is 4.65. The number of alkyl halides is 1. The zero-order valence-corrected chi connectivity index (χ0v) is 14.4. The van der Waals surface area contributed by atoms with E-state index in [0.29, 0.717) is 22.2 Å². The Morgan fingerprint density at radius 1 is 1.25 bits per heavy atom. The third-order valence-electron chi connectivity index (χ3n) is 3.99. The molecule has 1 aliphatic rings. The van der Waals surface area contributed by atoms with Gasteiger partial charge >= 0.3 is 0 Å². The largest absolute Gasteiger partial charge is 0.240 e. The minimum absolute atomic E-state index is 0.392. The van der Waals surface area contributed by atoms with Crippen LogP contribution < -0.4 is 4.72 Å². The third-order valence-corrected chi connectivity index (χ3v) is 6.76. The SMILES string of the molecule is Cc1ccc(C)c(S(=O)(=O)NCC2CCCCC2Br)c1. The van der Waals surface area contributed by atoms with Gasteiger partial charge in [0.05, 0.1) is 4.90 Å². The highest BCUT2D eigenvalue weighted by molar-refractivity contribution is 9.09. The van der Waals surface area contributed by atoms with Gasteiger partial charge in [0.1, 0.15) is 0 Å². The maximum Gasteiger partial charge on any atom is 0.240 e. The molecule has 2 unspecified atom stereocenters. The van der Waals surface area contributed by atoms with Crippen molar-refractivity contribution in [3.05, 3.63) is 29.3 Å². The summed E-state index contributed by atoms with van der Waals surface area (Å²) in [5, 5.41) is 0. The normalized spacial score (nSPS) is 23.8. The van der Waals surface area contributed by atoms with Gasteiger partial charge in [-0.25, -0.2) is 13.1 Å². The van der Waals surface area contributed by atoms with Gasteiger partial charge in [-0.15, -0.1) is 0 Å². The molecule has 0 spiro atoms. The van der Waals surface area contributed by atoms with Crippen LogP contribution >= 0.6 is 15.9 Å². The molecule has 2 atom stereocenters. The quantitative estimate of drug-likeness (QED) is 0.835. The molecule has 2 rings (SSSR count). The average molecular weight is 360 g/mol. The third kappa shape index (κ3) is 3.83. The minimum atomic E-state index is -3.41. The number of sulfonamides is 1. The summed E-state index contributed by atoms with van der Waals surface area (Å²) in [6.45, 7) is 4.27. The standard InChI is InChI=1S/C15H22BrNO2S/c1-11-7-8-12(2)15(9-11)20(18,19)17-10-13-5-3-4-6-14(13)16/h7-9,13-14,17H,3-6,10H2,1-2H3. The molecule has 0 aliphatic heterocycles. The zero-order chi connectivity index (χ0) is 14.8. The Labute approximate surface area is 130 Å². The van der Waals surface area contributed by atoms with Crippen molar-refractivity contribution in [3.63, 3.8) is 0 Å². The first kappa shape index (κ1) is 16.0. The van der Waals surface area contributed by atoms with Crippen LogP contribution in [-0.4, -0.2) is 19.8 Å². The molecule has 0 saturated heterocycles. The van der Waals surface area contributed by atoms with Crippen molar-refractivity contribution >= 4 is 26.0 Å². The second-order valence-corrected chi connectivity index (χ2v) is 8.59. The molecule has 0 radical (unpaired) electrons. The lowest BCUT2D eigenvalue weighted by atomic mass is 9.89. The van der Waals surface area contributed by atoms with Crippen LogP contribution in [0.2, 0.25) is 0 Å². The fourth-order valence-corrected chi connectivity index (χ4v) is 4.88. The monoisotopic (exact) mass is 359 g/mol. The average Bonchev–Trinajstić information content (AvgIpc) is 2.40. The highest BCUT2D eigenvalue weighted by Crippen LogP contribution is 2.29. The molecule has 1 aliphatic carbocycles. The van der Waals surface area contributed by atoms with Gasteiger partial charge < -0.3 is 0 Å². The Hall–Kier alpha value is -0.390. The van der Waals surface area contributed by atoms with Gasteiger partial charge in [0, 0.05) is 11.4 Å². The molecule has 1 fully saturated rings. The number of hydrogen-bond acceptors (Lipinski definition) is 2. The first-order chi connectivity index (χ1) is 9.40. The van der Waals surface area contributed by atoms with Crippen molar-refractivity contribution in [1.29, 1.82) is 0 Å². The first-order valence-corrected chi connectivity index (χ1v) is 9.51. The van der Waals surface area contributed by atoms with E-state index in [2.05, 4.69) is 20.7 Å². The molecule has 1 N–H and O–H groups in total. The summed E-state index contributed by atoms with van der Waals surface area (Å²) in [6, 6.07) is 5.53. The Bertz CT molecular complexity index is 571. The molecule has 0 bridgehead atoms. The van der Waals surface area contributed by atoms with E-state index in [9.17, 15) is 8.42 Å². The predicted octanol–water partition coefficient (Wildman–Crippen LogP) is 3.54. The van der Waals surface area contributed by atoms with Gasteiger partial charge in [-0.3, -0.25) is 0 Å². The molecule has 1 saturated carbocycles. The molecule has 0 aromatic heterocycles. The summed E-state index contributed by atoms with van der Waals surface area (Å²) in [5.74, 6) is 0.392. The van der Waals surface area contributed by atoms with Gasteiger partial charge in [-0.05, 0) is 49.8 Å². The van der Waals surface area contributed by atoms with Crippen LogP contribution in [-0.2, 0) is 10.0 Å². The van der Waals surface area contributed by atoms with Crippen LogP contribution in [0.1, 0.15) is 36.8 Å². The lowest BCUT2D eigenvalue weighted by molar-refractivity contribution is 0.373. The van der Waals surface area contributed by atoms with Crippen molar-refractivity contribution in [1.82, 2.24) is 4.72 Å². The van der Waals surface area contributed by atoms with Crippen molar-refractivity contribution < 1.29 is 8.42 Å².